The number of anilines is 1. The molecule has 0 spiro atoms. The number of methoxy groups -OCH3 is 1. The number of hydrogen-bond donors (Lipinski definition) is 1. The minimum absolute atomic E-state index is 0.0382. The second-order valence-corrected chi connectivity index (χ2v) is 7.98. The first kappa shape index (κ1) is 25.1. The van der Waals surface area contributed by atoms with Crippen LogP contribution in [0.1, 0.15) is 34.5 Å². The highest BCUT2D eigenvalue weighted by Gasteiger charge is 2.48. The number of amides is 1. The quantitative estimate of drug-likeness (QED) is 0.125. The van der Waals surface area contributed by atoms with Crippen molar-refractivity contribution in [1.29, 1.82) is 0 Å². The molecular formula is C27H22N2O8. The molecule has 1 aliphatic rings. The number of nitro benzene ring substituents is 1. The second-order valence-electron chi connectivity index (χ2n) is 7.98. The second kappa shape index (κ2) is 10.3. The van der Waals surface area contributed by atoms with Crippen LogP contribution in [0.4, 0.5) is 11.4 Å². The smallest absolute Gasteiger partial charge is 0.338 e. The number of ketones is 1. The molecule has 1 amide bonds. The van der Waals surface area contributed by atoms with Gasteiger partial charge in [-0.3, -0.25) is 24.6 Å². The number of nitrogens with zero attached hydrogens (tertiary/aromatic N) is 2. The summed E-state index contributed by atoms with van der Waals surface area (Å²) in [5, 5.41) is 23.0. The molecule has 0 radical (unpaired) electrons. The zero-order chi connectivity index (χ0) is 26.7. The number of ether oxygens (including phenoxy) is 2. The van der Waals surface area contributed by atoms with Crippen molar-refractivity contribution in [2.75, 3.05) is 18.6 Å². The van der Waals surface area contributed by atoms with Crippen LogP contribution in [0.3, 0.4) is 0 Å². The van der Waals surface area contributed by atoms with E-state index in [9.17, 15) is 29.6 Å². The van der Waals surface area contributed by atoms with Crippen LogP contribution in [0.15, 0.2) is 78.4 Å². The summed E-state index contributed by atoms with van der Waals surface area (Å²) < 4.78 is 10.1. The van der Waals surface area contributed by atoms with Gasteiger partial charge in [-0.25, -0.2) is 4.79 Å². The van der Waals surface area contributed by atoms with E-state index >= 15 is 0 Å². The number of aliphatic hydroxyl groups is 1. The van der Waals surface area contributed by atoms with Crippen LogP contribution >= 0.6 is 0 Å². The first-order valence-electron chi connectivity index (χ1n) is 11.2. The van der Waals surface area contributed by atoms with Gasteiger partial charge in [0.25, 0.3) is 17.4 Å². The number of rotatable bonds is 7. The van der Waals surface area contributed by atoms with Crippen molar-refractivity contribution in [2.24, 2.45) is 0 Å². The highest BCUT2D eigenvalue weighted by Crippen LogP contribution is 2.44. The van der Waals surface area contributed by atoms with Crippen LogP contribution in [-0.2, 0) is 14.3 Å². The summed E-state index contributed by atoms with van der Waals surface area (Å²) in [6.45, 7) is 1.85. The molecule has 3 aromatic rings. The maximum absolute atomic E-state index is 13.3. The molecule has 1 atom stereocenters. The van der Waals surface area contributed by atoms with E-state index < -0.39 is 34.4 Å². The molecule has 37 heavy (non-hydrogen) atoms. The minimum atomic E-state index is -1.31. The fourth-order valence-electron chi connectivity index (χ4n) is 4.16. The Balaban J connectivity index is 1.91. The van der Waals surface area contributed by atoms with E-state index in [4.69, 9.17) is 9.47 Å². The summed E-state index contributed by atoms with van der Waals surface area (Å²) >= 11 is 0. The summed E-state index contributed by atoms with van der Waals surface area (Å²) in [6.07, 6.45) is 0. The predicted molar refractivity (Wildman–Crippen MR) is 133 cm³/mol. The van der Waals surface area contributed by atoms with E-state index in [1.54, 1.807) is 25.1 Å². The number of carbonyl (C=O) groups is 3. The molecule has 0 aromatic heterocycles. The SMILES string of the molecule is CCOC(=O)c1ccc(N2C(=O)C(=O)/C(=C(/O)c3ccc(OC)cc3)[C@@H]2c2ccccc2[N+](=O)[O-])cc1. The van der Waals surface area contributed by atoms with Crippen molar-refractivity contribution < 1.29 is 33.9 Å². The largest absolute Gasteiger partial charge is 0.507 e. The van der Waals surface area contributed by atoms with E-state index in [-0.39, 0.29) is 40.2 Å². The maximum atomic E-state index is 13.3. The summed E-state index contributed by atoms with van der Waals surface area (Å²) in [7, 11) is 1.47. The first-order valence-corrected chi connectivity index (χ1v) is 11.2. The Kier molecular flexibility index (Phi) is 7.01. The van der Waals surface area contributed by atoms with Gasteiger partial charge < -0.3 is 14.6 Å². The third-order valence-corrected chi connectivity index (χ3v) is 5.89. The van der Waals surface area contributed by atoms with Gasteiger partial charge in [0.2, 0.25) is 0 Å². The zero-order valence-electron chi connectivity index (χ0n) is 19.9. The van der Waals surface area contributed by atoms with E-state index in [0.29, 0.717) is 5.75 Å². The average molecular weight is 502 g/mol. The number of benzene rings is 3. The molecule has 0 aliphatic carbocycles. The van der Waals surface area contributed by atoms with Crippen LogP contribution < -0.4 is 9.64 Å². The topological polar surface area (TPSA) is 136 Å². The van der Waals surface area contributed by atoms with Gasteiger partial charge >= 0.3 is 5.97 Å². The Morgan fingerprint density at radius 1 is 1.00 bits per heavy atom. The molecule has 188 valence electrons. The molecule has 0 unspecified atom stereocenters. The summed E-state index contributed by atoms with van der Waals surface area (Å²) in [5.74, 6) is -2.54. The number of hydrogen-bond acceptors (Lipinski definition) is 8. The minimum Gasteiger partial charge on any atom is -0.507 e. The van der Waals surface area contributed by atoms with Crippen LogP contribution in [-0.4, -0.2) is 41.4 Å². The van der Waals surface area contributed by atoms with E-state index in [1.807, 2.05) is 0 Å². The number of carbonyl (C=O) groups excluding carboxylic acids is 3. The van der Waals surface area contributed by atoms with Crippen molar-refractivity contribution in [2.45, 2.75) is 13.0 Å². The molecule has 0 bridgehead atoms. The zero-order valence-corrected chi connectivity index (χ0v) is 19.9. The Morgan fingerprint density at radius 3 is 2.22 bits per heavy atom. The fourth-order valence-corrected chi connectivity index (χ4v) is 4.16. The van der Waals surface area contributed by atoms with Gasteiger partial charge in [-0.1, -0.05) is 12.1 Å². The van der Waals surface area contributed by atoms with E-state index in [0.717, 1.165) is 4.90 Å². The van der Waals surface area contributed by atoms with Gasteiger partial charge in [-0.15, -0.1) is 0 Å². The van der Waals surface area contributed by atoms with Gasteiger partial charge in [0.05, 0.1) is 35.3 Å². The predicted octanol–water partition coefficient (Wildman–Crippen LogP) is 4.41. The Labute approximate surface area is 211 Å². The molecule has 10 heteroatoms. The Morgan fingerprint density at radius 2 is 1.62 bits per heavy atom. The first-order chi connectivity index (χ1) is 17.8. The van der Waals surface area contributed by atoms with E-state index in [1.165, 1.54) is 61.7 Å². The third kappa shape index (κ3) is 4.64. The van der Waals surface area contributed by atoms with Gasteiger partial charge in [0, 0.05) is 17.3 Å². The number of esters is 1. The van der Waals surface area contributed by atoms with Crippen molar-refractivity contribution in [3.63, 3.8) is 0 Å². The molecule has 0 saturated carbocycles. The van der Waals surface area contributed by atoms with Crippen molar-refractivity contribution >= 4 is 34.8 Å². The molecule has 1 fully saturated rings. The van der Waals surface area contributed by atoms with Crippen molar-refractivity contribution in [3.05, 3.63) is 105 Å². The monoisotopic (exact) mass is 502 g/mol. The molecule has 1 aliphatic heterocycles. The van der Waals surface area contributed by atoms with Crippen LogP contribution in [0.25, 0.3) is 5.76 Å². The number of Topliss-reactive ketones (excluding diaryl/α,β-unsaturated/α-hetero) is 1. The van der Waals surface area contributed by atoms with Crippen LogP contribution in [0.5, 0.6) is 5.75 Å². The molecule has 1 saturated heterocycles. The molecule has 3 aromatic carbocycles. The molecule has 4 rings (SSSR count). The molecule has 1 heterocycles. The lowest BCUT2D eigenvalue weighted by atomic mass is 9.94. The lowest BCUT2D eigenvalue weighted by molar-refractivity contribution is -0.385. The van der Waals surface area contributed by atoms with Gasteiger partial charge in [-0.2, -0.15) is 0 Å². The van der Waals surface area contributed by atoms with Gasteiger partial charge in [-0.05, 0) is 61.5 Å². The molecule has 1 N–H and O–H groups in total. The van der Waals surface area contributed by atoms with Gasteiger partial charge in [0.1, 0.15) is 17.6 Å². The normalized spacial score (nSPS) is 16.5. The number of nitro groups is 1. The highest BCUT2D eigenvalue weighted by molar-refractivity contribution is 6.51. The average Bonchev–Trinajstić information content (AvgIpc) is 3.18. The van der Waals surface area contributed by atoms with Crippen molar-refractivity contribution in [3.8, 4) is 5.75 Å². The number of aliphatic hydroxyl groups excluding tert-OH is 1. The lowest BCUT2D eigenvalue weighted by Crippen LogP contribution is -2.29. The summed E-state index contributed by atoms with van der Waals surface area (Å²) in [6, 6.07) is 16.3. The standard InChI is InChI=1S/C27H22N2O8/c1-3-37-27(33)17-8-12-18(13-9-17)28-23(20-6-4-5-7-21(20)29(34)35)22(25(31)26(28)32)24(30)16-10-14-19(36-2)15-11-16/h4-15,23,30H,3H2,1-2H3/b24-22+/t23-/m0/s1. The highest BCUT2D eigenvalue weighted by atomic mass is 16.6. The van der Waals surface area contributed by atoms with E-state index in [2.05, 4.69) is 0 Å². The van der Waals surface area contributed by atoms with Gasteiger partial charge in [0.15, 0.2) is 0 Å². The van der Waals surface area contributed by atoms with Crippen LogP contribution in [0, 0.1) is 10.1 Å². The Bertz CT molecular complexity index is 1410. The maximum Gasteiger partial charge on any atom is 0.338 e. The number of para-hydroxylation sites is 1. The fraction of sp³-hybridized carbons (Fsp3) is 0.148. The molecular weight excluding hydrogens is 480 g/mol. The lowest BCUT2D eigenvalue weighted by Gasteiger charge is -2.25. The third-order valence-electron chi connectivity index (χ3n) is 5.89. The van der Waals surface area contributed by atoms with Crippen LogP contribution in [0.2, 0.25) is 0 Å². The molecule has 10 nitrogen and oxygen atoms in total. The summed E-state index contributed by atoms with van der Waals surface area (Å²) in [4.78, 5) is 50.9. The Hall–Kier alpha value is -4.99. The summed E-state index contributed by atoms with van der Waals surface area (Å²) in [5.41, 5.74) is 0.0492. The van der Waals surface area contributed by atoms with Crippen molar-refractivity contribution in [1.82, 2.24) is 0 Å².